The fourth-order valence-electron chi connectivity index (χ4n) is 4.94. The molecule has 0 amide bonds. The molecule has 2 heterocycles. The number of amidine groups is 1. The average Bonchev–Trinajstić information content (AvgIpc) is 2.89. The van der Waals surface area contributed by atoms with Crippen LogP contribution in [-0.4, -0.2) is 48.4 Å². The Morgan fingerprint density at radius 1 is 0.968 bits per heavy atom. The maximum Gasteiger partial charge on any atom is 0.136 e. The predicted octanol–water partition coefficient (Wildman–Crippen LogP) is 5.90. The topological polar surface area (TPSA) is 18.8 Å². The van der Waals surface area contributed by atoms with E-state index in [1.54, 1.807) is 0 Å². The highest BCUT2D eigenvalue weighted by Crippen LogP contribution is 2.32. The molecule has 2 aromatic carbocycles. The van der Waals surface area contributed by atoms with E-state index in [0.29, 0.717) is 0 Å². The zero-order valence-electron chi connectivity index (χ0n) is 20.0. The van der Waals surface area contributed by atoms with E-state index in [-0.39, 0.29) is 5.41 Å². The van der Waals surface area contributed by atoms with Crippen molar-refractivity contribution in [2.45, 2.75) is 47.5 Å². The van der Waals surface area contributed by atoms with Gasteiger partial charge in [0.1, 0.15) is 5.84 Å². The van der Waals surface area contributed by atoms with Gasteiger partial charge in [-0.3, -0.25) is 4.90 Å². The second kappa shape index (κ2) is 8.63. The van der Waals surface area contributed by atoms with E-state index in [4.69, 9.17) is 4.99 Å². The Morgan fingerprint density at radius 2 is 1.61 bits per heavy atom. The van der Waals surface area contributed by atoms with Gasteiger partial charge in [0, 0.05) is 44.7 Å². The number of nitrogens with zero attached hydrogens (tertiary/aromatic N) is 3. The summed E-state index contributed by atoms with van der Waals surface area (Å²) in [5.74, 6) is 1.15. The summed E-state index contributed by atoms with van der Waals surface area (Å²) in [6, 6.07) is 13.5. The Balaban J connectivity index is 1.59. The van der Waals surface area contributed by atoms with Crippen molar-refractivity contribution in [1.82, 2.24) is 9.80 Å². The van der Waals surface area contributed by atoms with Gasteiger partial charge in [-0.05, 0) is 42.9 Å². The highest BCUT2D eigenvalue weighted by molar-refractivity contribution is 6.02. The molecular formula is C28H37N3. The summed E-state index contributed by atoms with van der Waals surface area (Å²) >= 11 is 0. The lowest BCUT2D eigenvalue weighted by Crippen LogP contribution is -2.51. The Bertz CT molecular complexity index is 1010. The first-order valence-electron chi connectivity index (χ1n) is 11.7. The van der Waals surface area contributed by atoms with Crippen LogP contribution in [0.4, 0.5) is 5.69 Å². The molecule has 4 rings (SSSR count). The predicted molar refractivity (Wildman–Crippen MR) is 133 cm³/mol. The maximum absolute atomic E-state index is 5.23. The van der Waals surface area contributed by atoms with Crippen molar-refractivity contribution in [3.8, 4) is 0 Å². The molecule has 0 spiro atoms. The van der Waals surface area contributed by atoms with Crippen molar-refractivity contribution < 1.29 is 0 Å². The molecular weight excluding hydrogens is 378 g/mol. The van der Waals surface area contributed by atoms with Crippen LogP contribution in [0.3, 0.4) is 0 Å². The third-order valence-electron chi connectivity index (χ3n) is 7.02. The van der Waals surface area contributed by atoms with E-state index >= 15 is 0 Å². The van der Waals surface area contributed by atoms with Gasteiger partial charge in [0.15, 0.2) is 0 Å². The minimum absolute atomic E-state index is 0.164. The zero-order chi connectivity index (χ0) is 22.2. The third kappa shape index (κ3) is 4.62. The standard InChI is InChI=1S/C28H37N3/c1-7-22(4)28(5,6)19-30-12-14-31(15-13-30)27-25-10-8-20(2)16-23(25)18-24-17-21(3)9-11-26(24)29-27/h8-11,16-17H,4,7,12-15,18-19H2,1-3,5-6H3. The van der Waals surface area contributed by atoms with E-state index in [2.05, 4.69) is 87.4 Å². The van der Waals surface area contributed by atoms with Crippen LogP contribution in [0, 0.1) is 19.3 Å². The van der Waals surface area contributed by atoms with Crippen LogP contribution < -0.4 is 0 Å². The minimum Gasteiger partial charge on any atom is -0.354 e. The second-order valence-electron chi connectivity index (χ2n) is 10.0. The second-order valence-corrected chi connectivity index (χ2v) is 10.0. The van der Waals surface area contributed by atoms with Crippen LogP contribution in [0.5, 0.6) is 0 Å². The number of piperazine rings is 1. The van der Waals surface area contributed by atoms with Crippen molar-refractivity contribution >= 4 is 11.5 Å². The van der Waals surface area contributed by atoms with Gasteiger partial charge in [-0.2, -0.15) is 0 Å². The fourth-order valence-corrected chi connectivity index (χ4v) is 4.94. The molecule has 3 nitrogen and oxygen atoms in total. The Morgan fingerprint density at radius 3 is 2.29 bits per heavy atom. The van der Waals surface area contributed by atoms with Gasteiger partial charge in [-0.25, -0.2) is 4.99 Å². The molecule has 0 saturated carbocycles. The Labute approximate surface area is 188 Å². The van der Waals surface area contributed by atoms with Crippen LogP contribution in [-0.2, 0) is 6.42 Å². The molecule has 164 valence electrons. The normalized spacial score (nSPS) is 16.9. The van der Waals surface area contributed by atoms with E-state index in [9.17, 15) is 0 Å². The first kappa shape index (κ1) is 21.8. The molecule has 2 aliphatic rings. The van der Waals surface area contributed by atoms with Gasteiger partial charge in [0.2, 0.25) is 0 Å². The van der Waals surface area contributed by atoms with Gasteiger partial charge < -0.3 is 4.90 Å². The van der Waals surface area contributed by atoms with Gasteiger partial charge >= 0.3 is 0 Å². The molecule has 0 N–H and O–H groups in total. The molecule has 31 heavy (non-hydrogen) atoms. The first-order chi connectivity index (χ1) is 14.8. The van der Waals surface area contributed by atoms with Crippen LogP contribution in [0.25, 0.3) is 0 Å². The first-order valence-corrected chi connectivity index (χ1v) is 11.7. The van der Waals surface area contributed by atoms with Crippen LogP contribution in [0.1, 0.15) is 55.0 Å². The quantitative estimate of drug-likeness (QED) is 0.579. The van der Waals surface area contributed by atoms with E-state index in [0.717, 1.165) is 57.1 Å². The average molecular weight is 416 g/mol. The lowest BCUT2D eigenvalue weighted by Gasteiger charge is -2.40. The van der Waals surface area contributed by atoms with Crippen LogP contribution >= 0.6 is 0 Å². The minimum atomic E-state index is 0.164. The highest BCUT2D eigenvalue weighted by Gasteiger charge is 2.29. The molecule has 1 saturated heterocycles. The summed E-state index contributed by atoms with van der Waals surface area (Å²) in [6.07, 6.45) is 2.01. The number of aliphatic imine (C=N–C) groups is 1. The summed E-state index contributed by atoms with van der Waals surface area (Å²) in [4.78, 5) is 10.3. The zero-order valence-corrected chi connectivity index (χ0v) is 20.0. The van der Waals surface area contributed by atoms with E-state index in [1.165, 1.54) is 33.4 Å². The summed E-state index contributed by atoms with van der Waals surface area (Å²) < 4.78 is 0. The summed E-state index contributed by atoms with van der Waals surface area (Å²) in [5.41, 5.74) is 9.28. The number of fused-ring (bicyclic) bond motifs is 2. The molecule has 2 aromatic rings. The van der Waals surface area contributed by atoms with Crippen LogP contribution in [0.2, 0.25) is 0 Å². The van der Waals surface area contributed by atoms with Gasteiger partial charge in [0.05, 0.1) is 5.69 Å². The number of aryl methyl sites for hydroxylation is 2. The molecule has 0 aliphatic carbocycles. The summed E-state index contributed by atoms with van der Waals surface area (Å²) in [7, 11) is 0. The molecule has 1 fully saturated rings. The van der Waals surface area contributed by atoms with Crippen molar-refractivity contribution in [1.29, 1.82) is 0 Å². The number of rotatable bonds is 4. The van der Waals surface area contributed by atoms with Crippen molar-refractivity contribution in [3.63, 3.8) is 0 Å². The van der Waals surface area contributed by atoms with Crippen LogP contribution in [0.15, 0.2) is 53.5 Å². The fraction of sp³-hybridized carbons (Fsp3) is 0.464. The Hall–Kier alpha value is -2.39. The Kier molecular flexibility index (Phi) is 6.07. The highest BCUT2D eigenvalue weighted by atomic mass is 15.3. The van der Waals surface area contributed by atoms with Gasteiger partial charge in [-0.15, -0.1) is 0 Å². The lowest BCUT2D eigenvalue weighted by molar-refractivity contribution is 0.142. The molecule has 0 unspecified atom stereocenters. The molecule has 3 heteroatoms. The maximum atomic E-state index is 5.23. The smallest absolute Gasteiger partial charge is 0.136 e. The van der Waals surface area contributed by atoms with Crippen molar-refractivity contribution in [2.24, 2.45) is 10.4 Å². The molecule has 0 atom stereocenters. The van der Waals surface area contributed by atoms with E-state index in [1.807, 2.05) is 0 Å². The summed E-state index contributed by atoms with van der Waals surface area (Å²) in [6.45, 7) is 20.8. The van der Waals surface area contributed by atoms with Crippen molar-refractivity contribution in [2.75, 3.05) is 32.7 Å². The van der Waals surface area contributed by atoms with Crippen molar-refractivity contribution in [3.05, 3.63) is 76.4 Å². The SMILES string of the molecule is C=C(CC)C(C)(C)CN1CCN(C2=Nc3ccc(C)cc3Cc3cc(C)ccc32)CC1. The largest absolute Gasteiger partial charge is 0.354 e. The molecule has 0 radical (unpaired) electrons. The van der Waals surface area contributed by atoms with Gasteiger partial charge in [-0.1, -0.05) is 74.4 Å². The molecule has 0 bridgehead atoms. The number of hydrogen-bond acceptors (Lipinski definition) is 3. The molecule has 2 aliphatic heterocycles. The summed E-state index contributed by atoms with van der Waals surface area (Å²) in [5, 5.41) is 0. The van der Waals surface area contributed by atoms with Gasteiger partial charge in [0.25, 0.3) is 0 Å². The monoisotopic (exact) mass is 415 g/mol. The number of hydrogen-bond donors (Lipinski definition) is 0. The third-order valence-corrected chi connectivity index (χ3v) is 7.02. The molecule has 0 aromatic heterocycles. The lowest BCUT2D eigenvalue weighted by atomic mass is 9.83. The number of benzene rings is 2. The van der Waals surface area contributed by atoms with E-state index < -0.39 is 0 Å².